The van der Waals surface area contributed by atoms with Crippen molar-refractivity contribution in [1.82, 2.24) is 14.9 Å². The summed E-state index contributed by atoms with van der Waals surface area (Å²) in [4.78, 5) is 26.9. The van der Waals surface area contributed by atoms with E-state index in [4.69, 9.17) is 9.72 Å². The van der Waals surface area contributed by atoms with E-state index >= 15 is 0 Å². The smallest absolute Gasteiger partial charge is 0.260 e. The molecule has 6 nitrogen and oxygen atoms in total. The van der Waals surface area contributed by atoms with E-state index in [2.05, 4.69) is 23.7 Å². The molecule has 0 bridgehead atoms. The fourth-order valence-corrected chi connectivity index (χ4v) is 5.23. The number of halogens is 1. The van der Waals surface area contributed by atoms with Crippen molar-refractivity contribution in [3.63, 3.8) is 0 Å². The van der Waals surface area contributed by atoms with Crippen LogP contribution in [0.4, 0.5) is 5.13 Å². The van der Waals surface area contributed by atoms with Crippen LogP contribution in [0.2, 0.25) is 0 Å². The minimum atomic E-state index is -0.0422. The van der Waals surface area contributed by atoms with Gasteiger partial charge in [-0.05, 0) is 50.3 Å². The highest BCUT2D eigenvalue weighted by atomic mass is 35.5. The monoisotopic (exact) mass is 490 g/mol. The first kappa shape index (κ1) is 24.4. The van der Waals surface area contributed by atoms with Crippen LogP contribution < -0.4 is 9.64 Å². The SMILES string of the molecule is CCOc1cccc2sc(N(CCN(CC)CC)C(=O)c3ccc4ncsc4c3)nc12.Cl. The van der Waals surface area contributed by atoms with E-state index in [0.29, 0.717) is 23.8 Å². The number of para-hydroxylation sites is 1. The molecule has 4 aromatic rings. The zero-order valence-electron chi connectivity index (χ0n) is 18.4. The van der Waals surface area contributed by atoms with Gasteiger partial charge >= 0.3 is 0 Å². The second-order valence-corrected chi connectivity index (χ2v) is 8.95. The molecule has 0 fully saturated rings. The predicted molar refractivity (Wildman–Crippen MR) is 137 cm³/mol. The number of carbonyl (C=O) groups excluding carboxylic acids is 1. The Hall–Kier alpha value is -2.26. The number of amides is 1. The molecule has 32 heavy (non-hydrogen) atoms. The molecular formula is C23H27ClN4O2S2. The molecular weight excluding hydrogens is 464 g/mol. The standard InChI is InChI=1S/C23H26N4O2S2.ClH/c1-4-26(5-2)12-13-27(22(28)16-10-11-17-20(14-16)30-15-24-17)23-25-21-18(29-6-3)8-7-9-19(21)31-23;/h7-11,14-15H,4-6,12-13H2,1-3H3;1H. The first-order chi connectivity index (χ1) is 15.1. The van der Waals surface area contributed by atoms with E-state index < -0.39 is 0 Å². The summed E-state index contributed by atoms with van der Waals surface area (Å²) in [5.41, 5.74) is 4.18. The minimum Gasteiger partial charge on any atom is -0.492 e. The summed E-state index contributed by atoms with van der Waals surface area (Å²) < 4.78 is 7.78. The highest BCUT2D eigenvalue weighted by Crippen LogP contribution is 2.35. The lowest BCUT2D eigenvalue weighted by molar-refractivity contribution is 0.0984. The van der Waals surface area contributed by atoms with Crippen molar-refractivity contribution in [2.45, 2.75) is 20.8 Å². The zero-order chi connectivity index (χ0) is 21.8. The van der Waals surface area contributed by atoms with Crippen LogP contribution in [0.15, 0.2) is 41.9 Å². The summed E-state index contributed by atoms with van der Waals surface area (Å²) in [6.07, 6.45) is 0. The summed E-state index contributed by atoms with van der Waals surface area (Å²) >= 11 is 3.07. The van der Waals surface area contributed by atoms with E-state index in [1.165, 1.54) is 11.3 Å². The minimum absolute atomic E-state index is 0. The van der Waals surface area contributed by atoms with Gasteiger partial charge in [-0.3, -0.25) is 9.69 Å². The van der Waals surface area contributed by atoms with Gasteiger partial charge in [-0.15, -0.1) is 23.7 Å². The molecule has 4 rings (SSSR count). The highest BCUT2D eigenvalue weighted by molar-refractivity contribution is 7.22. The maximum Gasteiger partial charge on any atom is 0.260 e. The van der Waals surface area contributed by atoms with Gasteiger partial charge in [0.05, 0.1) is 27.0 Å². The number of rotatable bonds is 9. The van der Waals surface area contributed by atoms with Gasteiger partial charge in [0.2, 0.25) is 0 Å². The summed E-state index contributed by atoms with van der Waals surface area (Å²) in [7, 11) is 0. The van der Waals surface area contributed by atoms with Gasteiger partial charge in [0.15, 0.2) is 5.13 Å². The number of thiazole rings is 2. The Kier molecular flexibility index (Phi) is 8.42. The molecule has 0 unspecified atom stereocenters. The molecule has 170 valence electrons. The van der Waals surface area contributed by atoms with Gasteiger partial charge in [-0.25, -0.2) is 9.97 Å². The molecule has 0 atom stereocenters. The van der Waals surface area contributed by atoms with Crippen molar-refractivity contribution < 1.29 is 9.53 Å². The number of carbonyl (C=O) groups is 1. The average Bonchev–Trinajstić information content (AvgIpc) is 3.43. The molecule has 1 amide bonds. The first-order valence-corrected chi connectivity index (χ1v) is 12.2. The summed E-state index contributed by atoms with van der Waals surface area (Å²) in [5, 5.41) is 0.698. The molecule has 0 aliphatic heterocycles. The Morgan fingerprint density at radius 1 is 1.06 bits per heavy atom. The first-order valence-electron chi connectivity index (χ1n) is 10.5. The Labute approximate surface area is 202 Å². The molecule has 0 spiro atoms. The summed E-state index contributed by atoms with van der Waals surface area (Å²) in [6.45, 7) is 10.1. The van der Waals surface area contributed by atoms with Gasteiger partial charge in [0.25, 0.3) is 5.91 Å². The second kappa shape index (κ2) is 11.0. The topological polar surface area (TPSA) is 58.6 Å². The van der Waals surface area contributed by atoms with Crippen molar-refractivity contribution in [2.75, 3.05) is 37.7 Å². The quantitative estimate of drug-likeness (QED) is 0.300. The van der Waals surface area contributed by atoms with Gasteiger partial charge in [0, 0.05) is 18.7 Å². The fourth-order valence-electron chi connectivity index (χ4n) is 3.51. The number of likely N-dealkylation sites (N-methyl/N-ethyl adjacent to an activating group) is 1. The molecule has 2 aromatic heterocycles. The van der Waals surface area contributed by atoms with Gasteiger partial charge in [-0.2, -0.15) is 0 Å². The van der Waals surface area contributed by atoms with Crippen molar-refractivity contribution >= 4 is 66.6 Å². The lowest BCUT2D eigenvalue weighted by atomic mass is 10.2. The molecule has 0 saturated heterocycles. The number of anilines is 1. The van der Waals surface area contributed by atoms with Crippen LogP contribution in [0.5, 0.6) is 5.75 Å². The molecule has 9 heteroatoms. The number of nitrogens with zero attached hydrogens (tertiary/aromatic N) is 4. The number of hydrogen-bond acceptors (Lipinski definition) is 7. The lowest BCUT2D eigenvalue weighted by Gasteiger charge is -2.24. The molecule has 0 N–H and O–H groups in total. The van der Waals surface area contributed by atoms with Crippen molar-refractivity contribution in [3.05, 3.63) is 47.5 Å². The lowest BCUT2D eigenvalue weighted by Crippen LogP contribution is -2.38. The Balaban J connectivity index is 0.00000289. The maximum absolute atomic E-state index is 13.6. The van der Waals surface area contributed by atoms with Crippen LogP contribution in [0, 0.1) is 0 Å². The van der Waals surface area contributed by atoms with Crippen molar-refractivity contribution in [2.24, 2.45) is 0 Å². The van der Waals surface area contributed by atoms with Gasteiger partial charge in [0.1, 0.15) is 11.3 Å². The number of aromatic nitrogens is 2. The molecule has 0 saturated carbocycles. The Morgan fingerprint density at radius 2 is 1.88 bits per heavy atom. The van der Waals surface area contributed by atoms with Crippen molar-refractivity contribution in [3.8, 4) is 5.75 Å². The second-order valence-electron chi connectivity index (χ2n) is 7.05. The number of fused-ring (bicyclic) bond motifs is 2. The zero-order valence-corrected chi connectivity index (χ0v) is 20.9. The van der Waals surface area contributed by atoms with Crippen LogP contribution in [0.3, 0.4) is 0 Å². The maximum atomic E-state index is 13.6. The summed E-state index contributed by atoms with van der Waals surface area (Å²) in [5.74, 6) is 0.712. The Bertz CT molecular complexity index is 1190. The van der Waals surface area contributed by atoms with Gasteiger partial charge < -0.3 is 9.64 Å². The van der Waals surface area contributed by atoms with E-state index in [0.717, 1.165) is 45.8 Å². The Morgan fingerprint density at radius 3 is 2.62 bits per heavy atom. The van der Waals surface area contributed by atoms with Crippen LogP contribution in [-0.2, 0) is 0 Å². The summed E-state index contributed by atoms with van der Waals surface area (Å²) in [6, 6.07) is 11.6. The molecule has 0 aliphatic carbocycles. The van der Waals surface area contributed by atoms with Crippen LogP contribution in [-0.4, -0.2) is 53.6 Å². The average molecular weight is 491 g/mol. The molecule has 0 aliphatic rings. The fraction of sp³-hybridized carbons (Fsp3) is 0.348. The number of ether oxygens (including phenoxy) is 1. The van der Waals surface area contributed by atoms with Crippen LogP contribution >= 0.6 is 35.1 Å². The largest absolute Gasteiger partial charge is 0.492 e. The van der Waals surface area contributed by atoms with Crippen LogP contribution in [0.1, 0.15) is 31.1 Å². The van der Waals surface area contributed by atoms with Gasteiger partial charge in [-0.1, -0.05) is 31.3 Å². The third kappa shape index (κ3) is 5.04. The molecule has 2 aromatic carbocycles. The number of benzene rings is 2. The molecule has 2 heterocycles. The highest BCUT2D eigenvalue weighted by Gasteiger charge is 2.23. The molecule has 0 radical (unpaired) electrons. The van der Waals surface area contributed by atoms with Crippen LogP contribution in [0.25, 0.3) is 20.4 Å². The predicted octanol–water partition coefficient (Wildman–Crippen LogP) is 5.72. The van der Waals surface area contributed by atoms with E-state index in [1.807, 2.05) is 43.3 Å². The third-order valence-corrected chi connectivity index (χ3v) is 7.09. The van der Waals surface area contributed by atoms with E-state index in [1.54, 1.807) is 21.7 Å². The van der Waals surface area contributed by atoms with Crippen molar-refractivity contribution in [1.29, 1.82) is 0 Å². The van der Waals surface area contributed by atoms with E-state index in [-0.39, 0.29) is 18.3 Å². The van der Waals surface area contributed by atoms with E-state index in [9.17, 15) is 4.79 Å². The number of hydrogen-bond donors (Lipinski definition) is 0. The third-order valence-electron chi connectivity index (χ3n) is 5.26. The normalized spacial score (nSPS) is 11.1.